The third-order valence-corrected chi connectivity index (χ3v) is 4.52. The van der Waals surface area contributed by atoms with Gasteiger partial charge in [0.15, 0.2) is 11.5 Å². The van der Waals surface area contributed by atoms with Crippen molar-refractivity contribution in [3.8, 4) is 17.1 Å². The Hall–Kier alpha value is -2.80. The molecule has 0 saturated carbocycles. The van der Waals surface area contributed by atoms with Gasteiger partial charge < -0.3 is 14.5 Å². The summed E-state index contributed by atoms with van der Waals surface area (Å²) in [5, 5.41) is 12.4. The molecule has 1 aromatic carbocycles. The van der Waals surface area contributed by atoms with Gasteiger partial charge in [-0.2, -0.15) is 4.98 Å². The number of thioether (sulfide) groups is 1. The lowest BCUT2D eigenvalue weighted by Crippen LogP contribution is -2.16. The van der Waals surface area contributed by atoms with E-state index in [2.05, 4.69) is 27.1 Å². The first kappa shape index (κ1) is 15.7. The Balaban J connectivity index is 1.80. The SMILES string of the molecule is C=CCSc1nnc2c(n1)O[C@@H](c1ccc(C)o1)Nc1ccccc1-2. The molecule has 0 radical (unpaired) electrons. The number of hydrogen-bond donors (Lipinski definition) is 1. The molecule has 4 rings (SSSR count). The predicted molar refractivity (Wildman–Crippen MR) is 96.6 cm³/mol. The van der Waals surface area contributed by atoms with Gasteiger partial charge >= 0.3 is 0 Å². The number of rotatable bonds is 4. The van der Waals surface area contributed by atoms with Crippen LogP contribution in [0.2, 0.25) is 0 Å². The minimum absolute atomic E-state index is 0.429. The summed E-state index contributed by atoms with van der Waals surface area (Å²) in [5.41, 5.74) is 2.39. The Kier molecular flexibility index (Phi) is 4.15. The zero-order chi connectivity index (χ0) is 17.2. The Bertz CT molecular complexity index is 925. The van der Waals surface area contributed by atoms with E-state index in [-0.39, 0.29) is 0 Å². The van der Waals surface area contributed by atoms with Crippen LogP contribution in [0.4, 0.5) is 5.69 Å². The first-order chi connectivity index (χ1) is 12.2. The number of fused-ring (bicyclic) bond motifs is 3. The zero-order valence-electron chi connectivity index (χ0n) is 13.6. The Morgan fingerprint density at radius 2 is 2.12 bits per heavy atom. The second-order valence-electron chi connectivity index (χ2n) is 5.48. The lowest BCUT2D eigenvalue weighted by molar-refractivity contribution is 0.194. The van der Waals surface area contributed by atoms with Crippen LogP contribution in [0.3, 0.4) is 0 Å². The summed E-state index contributed by atoms with van der Waals surface area (Å²) in [5.74, 6) is 2.63. The summed E-state index contributed by atoms with van der Waals surface area (Å²) in [6.07, 6.45) is 1.30. The van der Waals surface area contributed by atoms with Crippen LogP contribution in [0, 0.1) is 6.92 Å². The quantitative estimate of drug-likeness (QED) is 0.556. The Morgan fingerprint density at radius 1 is 1.24 bits per heavy atom. The van der Waals surface area contributed by atoms with Crippen LogP contribution in [0.1, 0.15) is 17.7 Å². The topological polar surface area (TPSA) is 73.1 Å². The average Bonchev–Trinajstić information content (AvgIpc) is 2.99. The fraction of sp³-hybridized carbons (Fsp3) is 0.167. The van der Waals surface area contributed by atoms with Gasteiger partial charge in [0.2, 0.25) is 17.3 Å². The van der Waals surface area contributed by atoms with Gasteiger partial charge in [-0.1, -0.05) is 36.0 Å². The molecular weight excluding hydrogens is 336 g/mol. The highest BCUT2D eigenvalue weighted by Crippen LogP contribution is 2.39. The van der Waals surface area contributed by atoms with Gasteiger partial charge in [-0.3, -0.25) is 0 Å². The van der Waals surface area contributed by atoms with Crippen molar-refractivity contribution in [2.24, 2.45) is 0 Å². The Labute approximate surface area is 149 Å². The van der Waals surface area contributed by atoms with Gasteiger partial charge in [-0.05, 0) is 25.1 Å². The largest absolute Gasteiger partial charge is 0.460 e. The highest BCUT2D eigenvalue weighted by molar-refractivity contribution is 7.99. The molecule has 0 saturated heterocycles. The van der Waals surface area contributed by atoms with E-state index in [0.717, 1.165) is 17.0 Å². The fourth-order valence-electron chi connectivity index (χ4n) is 2.56. The van der Waals surface area contributed by atoms with Crippen molar-refractivity contribution in [2.75, 3.05) is 11.1 Å². The number of nitrogens with one attached hydrogen (secondary N) is 1. The maximum atomic E-state index is 6.10. The van der Waals surface area contributed by atoms with E-state index in [0.29, 0.717) is 28.2 Å². The van der Waals surface area contributed by atoms with Crippen LogP contribution in [0.5, 0.6) is 5.88 Å². The molecule has 0 amide bonds. The molecule has 3 heterocycles. The molecule has 0 fully saturated rings. The number of ether oxygens (including phenoxy) is 1. The minimum Gasteiger partial charge on any atom is -0.460 e. The molecule has 1 aliphatic heterocycles. The molecular formula is C18H16N4O2S. The molecule has 1 N–H and O–H groups in total. The lowest BCUT2D eigenvalue weighted by Gasteiger charge is -2.16. The first-order valence-electron chi connectivity index (χ1n) is 7.82. The monoisotopic (exact) mass is 352 g/mol. The molecule has 0 aliphatic carbocycles. The van der Waals surface area contributed by atoms with Crippen LogP contribution in [-0.4, -0.2) is 20.9 Å². The van der Waals surface area contributed by atoms with Crippen molar-refractivity contribution in [1.82, 2.24) is 15.2 Å². The second-order valence-corrected chi connectivity index (χ2v) is 6.47. The third kappa shape index (κ3) is 3.10. The van der Waals surface area contributed by atoms with Crippen molar-refractivity contribution in [3.05, 3.63) is 60.6 Å². The number of anilines is 1. The summed E-state index contributed by atoms with van der Waals surface area (Å²) in [4.78, 5) is 4.53. The van der Waals surface area contributed by atoms with Crippen molar-refractivity contribution in [3.63, 3.8) is 0 Å². The van der Waals surface area contributed by atoms with Crippen LogP contribution in [0.15, 0.2) is 58.6 Å². The molecule has 0 bridgehead atoms. The summed E-state index contributed by atoms with van der Waals surface area (Å²) < 4.78 is 11.8. The minimum atomic E-state index is -0.495. The number of para-hydroxylation sites is 1. The fourth-order valence-corrected chi connectivity index (χ4v) is 3.08. The number of nitrogens with zero attached hydrogens (tertiary/aromatic N) is 3. The third-order valence-electron chi connectivity index (χ3n) is 3.68. The Morgan fingerprint density at radius 3 is 2.92 bits per heavy atom. The van der Waals surface area contributed by atoms with Gasteiger partial charge in [0.25, 0.3) is 0 Å². The average molecular weight is 352 g/mol. The number of aromatic nitrogens is 3. The van der Waals surface area contributed by atoms with Crippen LogP contribution in [-0.2, 0) is 0 Å². The van der Waals surface area contributed by atoms with Crippen molar-refractivity contribution < 1.29 is 9.15 Å². The smallest absolute Gasteiger partial charge is 0.247 e. The summed E-state index contributed by atoms with van der Waals surface area (Å²) in [7, 11) is 0. The predicted octanol–water partition coefficient (Wildman–Crippen LogP) is 4.22. The van der Waals surface area contributed by atoms with Crippen molar-refractivity contribution >= 4 is 17.4 Å². The summed E-state index contributed by atoms with van der Waals surface area (Å²) in [6, 6.07) is 11.6. The highest BCUT2D eigenvalue weighted by Gasteiger charge is 2.27. The molecule has 1 aliphatic rings. The van der Waals surface area contributed by atoms with Gasteiger partial charge in [0.05, 0.1) is 0 Å². The van der Waals surface area contributed by atoms with Gasteiger partial charge in [0, 0.05) is 17.0 Å². The highest BCUT2D eigenvalue weighted by atomic mass is 32.2. The molecule has 2 aromatic heterocycles. The van der Waals surface area contributed by atoms with Crippen LogP contribution in [0.25, 0.3) is 11.3 Å². The molecule has 0 unspecified atom stereocenters. The number of furan rings is 1. The molecule has 25 heavy (non-hydrogen) atoms. The van der Waals surface area contributed by atoms with Gasteiger partial charge in [-0.15, -0.1) is 16.8 Å². The molecule has 126 valence electrons. The van der Waals surface area contributed by atoms with Gasteiger partial charge in [-0.25, -0.2) is 0 Å². The van der Waals surface area contributed by atoms with E-state index in [1.807, 2.05) is 43.3 Å². The lowest BCUT2D eigenvalue weighted by atomic mass is 10.1. The van der Waals surface area contributed by atoms with Crippen molar-refractivity contribution in [2.45, 2.75) is 18.3 Å². The molecule has 0 spiro atoms. The molecule has 7 heteroatoms. The van der Waals surface area contributed by atoms with E-state index in [1.165, 1.54) is 11.8 Å². The summed E-state index contributed by atoms with van der Waals surface area (Å²) >= 11 is 1.46. The standard InChI is InChI=1S/C18H16N4O2S/c1-3-10-25-18-20-17-15(21-22-18)12-6-4-5-7-13(12)19-16(24-17)14-9-8-11(2)23-14/h3-9,16,19H,1,10H2,2H3/t16-/m0/s1. The van der Waals surface area contributed by atoms with Crippen LogP contribution >= 0.6 is 11.8 Å². The van der Waals surface area contributed by atoms with Gasteiger partial charge in [0.1, 0.15) is 5.76 Å². The van der Waals surface area contributed by atoms with E-state index in [1.54, 1.807) is 6.08 Å². The normalized spacial score (nSPS) is 15.3. The summed E-state index contributed by atoms with van der Waals surface area (Å²) in [6.45, 7) is 5.61. The van der Waals surface area contributed by atoms with Crippen molar-refractivity contribution in [1.29, 1.82) is 0 Å². The van der Waals surface area contributed by atoms with E-state index in [4.69, 9.17) is 9.15 Å². The van der Waals surface area contributed by atoms with E-state index < -0.39 is 6.23 Å². The maximum absolute atomic E-state index is 6.10. The maximum Gasteiger partial charge on any atom is 0.247 e. The van der Waals surface area contributed by atoms with E-state index >= 15 is 0 Å². The number of hydrogen-bond acceptors (Lipinski definition) is 7. The number of aryl methyl sites for hydroxylation is 1. The molecule has 3 aromatic rings. The number of benzene rings is 1. The molecule has 1 atom stereocenters. The zero-order valence-corrected chi connectivity index (χ0v) is 14.4. The van der Waals surface area contributed by atoms with E-state index in [9.17, 15) is 0 Å². The van der Waals surface area contributed by atoms with Crippen LogP contribution < -0.4 is 10.1 Å². The first-order valence-corrected chi connectivity index (χ1v) is 8.80. The molecule has 6 nitrogen and oxygen atoms in total. The second kappa shape index (κ2) is 6.60.